The maximum absolute atomic E-state index is 12.2. The summed E-state index contributed by atoms with van der Waals surface area (Å²) < 4.78 is 6.12. The Kier molecular flexibility index (Phi) is 6.33. The molecule has 0 spiro atoms. The van der Waals surface area contributed by atoms with Crippen LogP contribution in [0.25, 0.3) is 0 Å². The van der Waals surface area contributed by atoms with Crippen LogP contribution < -0.4 is 10.1 Å². The second-order valence-corrected chi connectivity index (χ2v) is 6.84. The van der Waals surface area contributed by atoms with E-state index >= 15 is 0 Å². The van der Waals surface area contributed by atoms with E-state index in [0.29, 0.717) is 17.9 Å². The van der Waals surface area contributed by atoms with Crippen molar-refractivity contribution in [2.45, 2.75) is 20.3 Å². The number of benzene rings is 1. The summed E-state index contributed by atoms with van der Waals surface area (Å²) in [7, 11) is 1.56. The highest BCUT2D eigenvalue weighted by molar-refractivity contribution is 9.10. The molecule has 0 atom stereocenters. The highest BCUT2D eigenvalue weighted by Crippen LogP contribution is 2.24. The van der Waals surface area contributed by atoms with Gasteiger partial charge in [-0.15, -0.1) is 0 Å². The van der Waals surface area contributed by atoms with Gasteiger partial charge in [-0.2, -0.15) is 0 Å². The smallest absolute Gasteiger partial charge is 0.255 e. The Balaban J connectivity index is 2.74. The molecule has 5 heteroatoms. The minimum Gasteiger partial charge on any atom is -0.496 e. The van der Waals surface area contributed by atoms with E-state index < -0.39 is 0 Å². The lowest BCUT2D eigenvalue weighted by Crippen LogP contribution is -2.34. The lowest BCUT2D eigenvalue weighted by molar-refractivity contribution is 0.0933. The Bertz CT molecular complexity index is 447. The van der Waals surface area contributed by atoms with Crippen molar-refractivity contribution in [3.8, 4) is 5.75 Å². The number of nitrogens with one attached hydrogen (secondary N) is 1. The fourth-order valence-corrected chi connectivity index (χ4v) is 3.03. The molecule has 1 N–H and O–H groups in total. The van der Waals surface area contributed by atoms with Crippen molar-refractivity contribution in [1.82, 2.24) is 5.32 Å². The number of hydrogen-bond acceptors (Lipinski definition) is 2. The number of rotatable bonds is 6. The zero-order chi connectivity index (χ0) is 14.5. The molecular weight excluding hydrogens is 374 g/mol. The molecule has 1 aromatic rings. The molecular formula is C14H19Br2NO2. The number of alkyl halides is 1. The van der Waals surface area contributed by atoms with Gasteiger partial charge in [0.05, 0.1) is 12.7 Å². The molecule has 0 aliphatic heterocycles. The maximum atomic E-state index is 12.2. The fourth-order valence-electron chi connectivity index (χ4n) is 1.61. The molecule has 0 unspecified atom stereocenters. The molecule has 0 aromatic heterocycles. The number of methoxy groups -OCH3 is 1. The third-order valence-corrected chi connectivity index (χ3v) is 3.80. The predicted molar refractivity (Wildman–Crippen MR) is 85.2 cm³/mol. The van der Waals surface area contributed by atoms with Crippen LogP contribution in [0, 0.1) is 5.41 Å². The summed E-state index contributed by atoms with van der Waals surface area (Å²) in [5.74, 6) is 0.470. The molecule has 3 nitrogen and oxygen atoms in total. The molecule has 0 fully saturated rings. The van der Waals surface area contributed by atoms with E-state index in [2.05, 4.69) is 51.0 Å². The first-order valence-corrected chi connectivity index (χ1v) is 7.99. The van der Waals surface area contributed by atoms with Crippen LogP contribution in [0.15, 0.2) is 22.7 Å². The first-order chi connectivity index (χ1) is 8.89. The van der Waals surface area contributed by atoms with Crippen molar-refractivity contribution in [3.05, 3.63) is 28.2 Å². The van der Waals surface area contributed by atoms with Crippen LogP contribution in [0.5, 0.6) is 5.75 Å². The van der Waals surface area contributed by atoms with Crippen LogP contribution in [-0.4, -0.2) is 24.9 Å². The predicted octanol–water partition coefficient (Wildman–Crippen LogP) is 4.00. The van der Waals surface area contributed by atoms with E-state index in [0.717, 1.165) is 16.2 Å². The van der Waals surface area contributed by atoms with Gasteiger partial charge in [0.15, 0.2) is 0 Å². The van der Waals surface area contributed by atoms with Crippen LogP contribution >= 0.6 is 31.9 Å². The summed E-state index contributed by atoms with van der Waals surface area (Å²) in [4.78, 5) is 12.2. The molecule has 0 saturated carbocycles. The Morgan fingerprint density at radius 2 is 2.11 bits per heavy atom. The summed E-state index contributed by atoms with van der Waals surface area (Å²) >= 11 is 6.79. The standard InChI is InChI=1S/C14H19Br2NO2/c1-14(2,6-7-15)9-17-13(18)11-5-4-10(16)8-12(11)19-3/h4-5,8H,6-7,9H2,1-3H3,(H,17,18). The highest BCUT2D eigenvalue weighted by Gasteiger charge is 2.19. The van der Waals surface area contributed by atoms with Crippen LogP contribution in [0.3, 0.4) is 0 Å². The molecule has 1 aromatic carbocycles. The van der Waals surface area contributed by atoms with Gasteiger partial charge < -0.3 is 10.1 Å². The first kappa shape index (κ1) is 16.5. The monoisotopic (exact) mass is 391 g/mol. The van der Waals surface area contributed by atoms with Crippen LogP contribution in [-0.2, 0) is 0 Å². The minimum absolute atomic E-state index is 0.0712. The largest absolute Gasteiger partial charge is 0.496 e. The molecule has 0 radical (unpaired) electrons. The second kappa shape index (κ2) is 7.29. The molecule has 0 aliphatic carbocycles. The SMILES string of the molecule is COc1cc(Br)ccc1C(=O)NCC(C)(C)CCBr. The molecule has 0 saturated heterocycles. The first-order valence-electron chi connectivity index (χ1n) is 6.07. The Morgan fingerprint density at radius 1 is 1.42 bits per heavy atom. The second-order valence-electron chi connectivity index (χ2n) is 5.13. The molecule has 0 bridgehead atoms. The summed E-state index contributed by atoms with van der Waals surface area (Å²) in [6, 6.07) is 5.38. The van der Waals surface area contributed by atoms with E-state index in [1.165, 1.54) is 0 Å². The highest BCUT2D eigenvalue weighted by atomic mass is 79.9. The van der Waals surface area contributed by atoms with E-state index in [1.807, 2.05) is 6.07 Å². The number of halogens is 2. The van der Waals surface area contributed by atoms with Gasteiger partial charge in [0.1, 0.15) is 5.75 Å². The number of carbonyl (C=O) groups excluding carboxylic acids is 1. The van der Waals surface area contributed by atoms with Gasteiger partial charge in [0, 0.05) is 16.3 Å². The van der Waals surface area contributed by atoms with Gasteiger partial charge in [-0.05, 0) is 30.0 Å². The third kappa shape index (κ3) is 5.15. The molecule has 106 valence electrons. The van der Waals surface area contributed by atoms with Crippen LogP contribution in [0.1, 0.15) is 30.6 Å². The zero-order valence-corrected chi connectivity index (χ0v) is 14.6. The van der Waals surface area contributed by atoms with Crippen molar-refractivity contribution >= 4 is 37.8 Å². The number of ether oxygens (including phenoxy) is 1. The summed E-state index contributed by atoms with van der Waals surface area (Å²) in [5.41, 5.74) is 0.627. The van der Waals surface area contributed by atoms with Crippen molar-refractivity contribution in [2.24, 2.45) is 5.41 Å². The van der Waals surface area contributed by atoms with Crippen LogP contribution in [0.4, 0.5) is 0 Å². The van der Waals surface area contributed by atoms with Crippen LogP contribution in [0.2, 0.25) is 0 Å². The number of carbonyl (C=O) groups is 1. The topological polar surface area (TPSA) is 38.3 Å². The summed E-state index contributed by atoms with van der Waals surface area (Å²) in [6.07, 6.45) is 1.00. The van der Waals surface area contributed by atoms with Gasteiger partial charge in [-0.3, -0.25) is 4.79 Å². The Hall–Kier alpha value is -0.550. The third-order valence-electron chi connectivity index (χ3n) is 2.91. The molecule has 0 aliphatic rings. The Morgan fingerprint density at radius 3 is 2.68 bits per heavy atom. The summed E-state index contributed by atoms with van der Waals surface area (Å²) in [6.45, 7) is 4.90. The zero-order valence-electron chi connectivity index (χ0n) is 11.4. The van der Waals surface area contributed by atoms with Crippen molar-refractivity contribution < 1.29 is 9.53 Å². The van der Waals surface area contributed by atoms with Gasteiger partial charge in [-0.1, -0.05) is 45.7 Å². The fraction of sp³-hybridized carbons (Fsp3) is 0.500. The molecule has 1 rings (SSSR count). The minimum atomic E-state index is -0.105. The summed E-state index contributed by atoms with van der Waals surface area (Å²) in [5, 5.41) is 3.89. The normalized spacial score (nSPS) is 11.2. The molecule has 1 amide bonds. The molecule has 0 heterocycles. The van der Waals surface area contributed by atoms with Crippen molar-refractivity contribution in [2.75, 3.05) is 19.0 Å². The lowest BCUT2D eigenvalue weighted by atomic mass is 9.90. The quantitative estimate of drug-likeness (QED) is 0.743. The van der Waals surface area contributed by atoms with E-state index in [9.17, 15) is 4.79 Å². The Labute approximate surface area is 131 Å². The van der Waals surface area contributed by atoms with Gasteiger partial charge >= 0.3 is 0 Å². The van der Waals surface area contributed by atoms with E-state index in [1.54, 1.807) is 19.2 Å². The average Bonchev–Trinajstić information content (AvgIpc) is 2.35. The van der Waals surface area contributed by atoms with Gasteiger partial charge in [0.2, 0.25) is 0 Å². The maximum Gasteiger partial charge on any atom is 0.255 e. The van der Waals surface area contributed by atoms with Crippen molar-refractivity contribution in [1.29, 1.82) is 0 Å². The van der Waals surface area contributed by atoms with Gasteiger partial charge in [-0.25, -0.2) is 0 Å². The molecule has 19 heavy (non-hydrogen) atoms. The lowest BCUT2D eigenvalue weighted by Gasteiger charge is -2.24. The number of amides is 1. The number of hydrogen-bond donors (Lipinski definition) is 1. The van der Waals surface area contributed by atoms with E-state index in [-0.39, 0.29) is 11.3 Å². The van der Waals surface area contributed by atoms with E-state index in [4.69, 9.17) is 4.74 Å². The average molecular weight is 393 g/mol. The van der Waals surface area contributed by atoms with Crippen molar-refractivity contribution in [3.63, 3.8) is 0 Å². The van der Waals surface area contributed by atoms with Gasteiger partial charge in [0.25, 0.3) is 5.91 Å².